The Morgan fingerprint density at radius 2 is 1.82 bits per heavy atom. The molecular formula is C12H12N4O6. The largest absolute Gasteiger partial charge is 0.389 e. The topological polar surface area (TPSA) is 133 Å². The van der Waals surface area contributed by atoms with Gasteiger partial charge in [0.25, 0.3) is 5.69 Å². The summed E-state index contributed by atoms with van der Waals surface area (Å²) in [4.78, 5) is 37.9. The van der Waals surface area contributed by atoms with E-state index in [9.17, 15) is 25.0 Å². The predicted octanol–water partition coefficient (Wildman–Crippen LogP) is 1.85. The van der Waals surface area contributed by atoms with Crippen molar-refractivity contribution in [2.45, 2.75) is 13.8 Å². The second-order valence-electron chi connectivity index (χ2n) is 4.33. The van der Waals surface area contributed by atoms with Gasteiger partial charge in [0.05, 0.1) is 21.3 Å². The average Bonchev–Trinajstić information content (AvgIpc) is 2.47. The second kappa shape index (κ2) is 5.76. The molecule has 0 radical (unpaired) electrons. The summed E-state index contributed by atoms with van der Waals surface area (Å²) in [6, 6.07) is 1.65. The van der Waals surface area contributed by atoms with Crippen molar-refractivity contribution < 1.29 is 14.3 Å². The van der Waals surface area contributed by atoms with Crippen molar-refractivity contribution in [3.8, 4) is 0 Å². The van der Waals surface area contributed by atoms with Gasteiger partial charge in [-0.05, 0) is 13.8 Å². The van der Waals surface area contributed by atoms with Crippen LogP contribution in [0.2, 0.25) is 0 Å². The first kappa shape index (κ1) is 15.4. The minimum Gasteiger partial charge on any atom is -0.389 e. The quantitative estimate of drug-likeness (QED) is 0.603. The first-order chi connectivity index (χ1) is 10.4. The lowest BCUT2D eigenvalue weighted by molar-refractivity contribution is -0.393. The first-order valence-corrected chi connectivity index (χ1v) is 6.41. The third kappa shape index (κ3) is 2.57. The number of rotatable bonds is 5. The van der Waals surface area contributed by atoms with Crippen LogP contribution in [0.25, 0.3) is 10.9 Å². The van der Waals surface area contributed by atoms with Crippen molar-refractivity contribution in [1.29, 1.82) is 0 Å². The number of nitrogens with zero attached hydrogens (tertiary/aromatic N) is 4. The van der Waals surface area contributed by atoms with Crippen LogP contribution in [0.1, 0.15) is 13.8 Å². The fourth-order valence-corrected chi connectivity index (χ4v) is 2.01. The van der Waals surface area contributed by atoms with E-state index in [2.05, 4.69) is 4.98 Å². The molecule has 0 spiro atoms. The summed E-state index contributed by atoms with van der Waals surface area (Å²) in [5, 5.41) is 21.6. The van der Waals surface area contributed by atoms with Crippen LogP contribution in [0.3, 0.4) is 0 Å². The number of hydrogen-bond acceptors (Lipinski definition) is 8. The van der Waals surface area contributed by atoms with E-state index in [0.717, 1.165) is 12.1 Å². The number of hydrogen-bond donors (Lipinski definition) is 0. The molecule has 0 amide bonds. The molecule has 0 aliphatic heterocycles. The van der Waals surface area contributed by atoms with Gasteiger partial charge in [-0.25, -0.2) is 4.79 Å². The molecule has 1 aromatic carbocycles. The number of nitro benzene ring substituents is 2. The Kier molecular flexibility index (Phi) is 4.02. The Morgan fingerprint density at radius 1 is 1.18 bits per heavy atom. The third-order valence-electron chi connectivity index (χ3n) is 3.13. The highest BCUT2D eigenvalue weighted by Gasteiger charge is 2.24. The number of non-ortho nitro benzene ring substituents is 2. The van der Waals surface area contributed by atoms with Gasteiger partial charge in [-0.1, -0.05) is 0 Å². The lowest BCUT2D eigenvalue weighted by Gasteiger charge is -2.17. The number of nitro groups is 2. The van der Waals surface area contributed by atoms with Crippen LogP contribution in [0, 0.1) is 20.2 Å². The van der Waals surface area contributed by atoms with Crippen LogP contribution >= 0.6 is 0 Å². The standard InChI is InChI=1S/C12H12N4O6/c1-3-14(4-2)12-13-10-8(11(17)22-12)5-7(15(18)19)6-9(10)16(20)21/h5-6H,3-4H2,1-2H3. The highest BCUT2D eigenvalue weighted by atomic mass is 16.6. The Hall–Kier alpha value is -3.04. The smallest absolute Gasteiger partial charge is 0.348 e. The maximum Gasteiger partial charge on any atom is 0.348 e. The highest BCUT2D eigenvalue weighted by Crippen LogP contribution is 2.29. The molecule has 0 bridgehead atoms. The molecule has 1 aromatic heterocycles. The molecule has 22 heavy (non-hydrogen) atoms. The van der Waals surface area contributed by atoms with Crippen molar-refractivity contribution in [1.82, 2.24) is 4.98 Å². The van der Waals surface area contributed by atoms with E-state index in [1.165, 1.54) is 0 Å². The van der Waals surface area contributed by atoms with E-state index in [1.807, 2.05) is 0 Å². The minimum absolute atomic E-state index is 0.0561. The van der Waals surface area contributed by atoms with Gasteiger partial charge in [0.2, 0.25) is 0 Å². The van der Waals surface area contributed by atoms with Crippen LogP contribution in [0.5, 0.6) is 0 Å². The van der Waals surface area contributed by atoms with E-state index < -0.39 is 26.8 Å². The van der Waals surface area contributed by atoms with E-state index in [-0.39, 0.29) is 16.9 Å². The summed E-state index contributed by atoms with van der Waals surface area (Å²) >= 11 is 0. The van der Waals surface area contributed by atoms with Gasteiger partial charge in [0, 0.05) is 19.2 Å². The number of anilines is 1. The van der Waals surface area contributed by atoms with Gasteiger partial charge in [-0.15, -0.1) is 0 Å². The molecule has 0 fully saturated rings. The van der Waals surface area contributed by atoms with Gasteiger partial charge in [0.1, 0.15) is 0 Å². The molecule has 0 aliphatic carbocycles. The number of aromatic nitrogens is 1. The summed E-state index contributed by atoms with van der Waals surface area (Å²) in [5.74, 6) is 0. The fourth-order valence-electron chi connectivity index (χ4n) is 2.01. The first-order valence-electron chi connectivity index (χ1n) is 6.41. The third-order valence-corrected chi connectivity index (χ3v) is 3.13. The van der Waals surface area contributed by atoms with E-state index >= 15 is 0 Å². The molecule has 10 heteroatoms. The molecule has 0 N–H and O–H groups in total. The summed E-state index contributed by atoms with van der Waals surface area (Å²) in [7, 11) is 0. The van der Waals surface area contributed by atoms with Crippen molar-refractivity contribution in [2.24, 2.45) is 0 Å². The fraction of sp³-hybridized carbons (Fsp3) is 0.333. The van der Waals surface area contributed by atoms with Crippen LogP contribution in [-0.2, 0) is 0 Å². The molecule has 116 valence electrons. The van der Waals surface area contributed by atoms with Crippen LogP contribution < -0.4 is 10.5 Å². The summed E-state index contributed by atoms with van der Waals surface area (Å²) in [5.41, 5.74) is -2.30. The lowest BCUT2D eigenvalue weighted by atomic mass is 10.2. The van der Waals surface area contributed by atoms with Crippen molar-refractivity contribution >= 4 is 28.3 Å². The lowest BCUT2D eigenvalue weighted by Crippen LogP contribution is -2.24. The van der Waals surface area contributed by atoms with Gasteiger partial charge >= 0.3 is 17.3 Å². The second-order valence-corrected chi connectivity index (χ2v) is 4.33. The van der Waals surface area contributed by atoms with Crippen molar-refractivity contribution in [2.75, 3.05) is 18.0 Å². The summed E-state index contributed by atoms with van der Waals surface area (Å²) < 4.78 is 5.02. The van der Waals surface area contributed by atoms with Crippen LogP contribution in [0.4, 0.5) is 17.4 Å². The van der Waals surface area contributed by atoms with Crippen molar-refractivity contribution in [3.05, 3.63) is 42.8 Å². The summed E-state index contributed by atoms with van der Waals surface area (Å²) in [6.45, 7) is 4.58. The SMILES string of the molecule is CCN(CC)c1nc2c([N+](=O)[O-])cc([N+](=O)[O-])cc2c(=O)o1. The molecule has 0 saturated heterocycles. The Labute approximate surface area is 123 Å². The molecule has 0 unspecified atom stereocenters. The monoisotopic (exact) mass is 308 g/mol. The summed E-state index contributed by atoms with van der Waals surface area (Å²) in [6.07, 6.45) is 0. The van der Waals surface area contributed by atoms with Crippen LogP contribution in [-0.4, -0.2) is 27.9 Å². The Balaban J connectivity index is 2.85. The minimum atomic E-state index is -0.904. The molecule has 10 nitrogen and oxygen atoms in total. The zero-order valence-electron chi connectivity index (χ0n) is 11.8. The van der Waals surface area contributed by atoms with Crippen molar-refractivity contribution in [3.63, 3.8) is 0 Å². The Bertz CT molecular complexity index is 811. The highest BCUT2D eigenvalue weighted by molar-refractivity contribution is 5.89. The van der Waals surface area contributed by atoms with E-state index in [1.54, 1.807) is 18.7 Å². The van der Waals surface area contributed by atoms with E-state index in [0.29, 0.717) is 13.1 Å². The normalized spacial score (nSPS) is 10.6. The number of fused-ring (bicyclic) bond motifs is 1. The van der Waals surface area contributed by atoms with E-state index in [4.69, 9.17) is 4.42 Å². The average molecular weight is 308 g/mol. The van der Waals surface area contributed by atoms with Gasteiger partial charge in [-0.3, -0.25) is 20.2 Å². The number of benzene rings is 1. The molecule has 0 saturated carbocycles. The zero-order valence-corrected chi connectivity index (χ0v) is 11.8. The molecule has 0 atom stereocenters. The zero-order chi connectivity index (χ0) is 16.4. The van der Waals surface area contributed by atoms with Crippen LogP contribution in [0.15, 0.2) is 21.3 Å². The maximum absolute atomic E-state index is 12.0. The molecular weight excluding hydrogens is 296 g/mol. The predicted molar refractivity (Wildman–Crippen MR) is 77.1 cm³/mol. The molecule has 0 aliphatic rings. The van der Waals surface area contributed by atoms with Gasteiger partial charge < -0.3 is 9.32 Å². The molecule has 1 heterocycles. The van der Waals surface area contributed by atoms with Gasteiger partial charge in [-0.2, -0.15) is 4.98 Å². The molecule has 2 aromatic rings. The van der Waals surface area contributed by atoms with Gasteiger partial charge in [0.15, 0.2) is 5.52 Å². The maximum atomic E-state index is 12.0. The Morgan fingerprint density at radius 3 is 2.32 bits per heavy atom. The molecule has 2 rings (SSSR count).